The van der Waals surface area contributed by atoms with Crippen LogP contribution in [0.15, 0.2) is 65.5 Å². The molecule has 2 heterocycles. The molecule has 4 rings (SSSR count). The van der Waals surface area contributed by atoms with Gasteiger partial charge in [-0.3, -0.25) is 4.79 Å². The summed E-state index contributed by atoms with van der Waals surface area (Å²) in [7, 11) is 0. The molecule has 0 unspecified atom stereocenters. The Bertz CT molecular complexity index is 1240. The first-order valence-corrected chi connectivity index (χ1v) is 8.70. The van der Waals surface area contributed by atoms with Crippen molar-refractivity contribution in [1.29, 1.82) is 0 Å². The number of nitrogen functional groups attached to an aromatic ring is 1. The molecule has 144 valence electrons. The van der Waals surface area contributed by atoms with Crippen molar-refractivity contribution in [2.24, 2.45) is 0 Å². The third-order valence-electron chi connectivity index (χ3n) is 4.03. The Morgan fingerprint density at radius 2 is 1.79 bits per heavy atom. The van der Waals surface area contributed by atoms with Crippen molar-refractivity contribution in [3.63, 3.8) is 0 Å². The quantitative estimate of drug-likeness (QED) is 0.443. The normalized spacial score (nSPS) is 10.6. The third-order valence-corrected chi connectivity index (χ3v) is 4.03. The molecule has 0 saturated heterocycles. The number of esters is 1. The highest BCUT2D eigenvalue weighted by Crippen LogP contribution is 2.17. The van der Waals surface area contributed by atoms with Crippen LogP contribution >= 0.6 is 0 Å². The van der Waals surface area contributed by atoms with E-state index in [0.717, 1.165) is 5.69 Å². The smallest absolute Gasteiger partial charge is 0.339 e. The zero-order chi connectivity index (χ0) is 20.2. The van der Waals surface area contributed by atoms with Gasteiger partial charge in [0.15, 0.2) is 12.4 Å². The second-order valence-corrected chi connectivity index (χ2v) is 6.09. The lowest BCUT2D eigenvalue weighted by molar-refractivity contribution is 0.0464. The molecule has 0 amide bonds. The van der Waals surface area contributed by atoms with Gasteiger partial charge in [0.1, 0.15) is 0 Å². The van der Waals surface area contributed by atoms with E-state index in [0.29, 0.717) is 10.9 Å². The maximum absolute atomic E-state index is 12.6. The molecule has 0 atom stereocenters. The predicted octanol–water partition coefficient (Wildman–Crippen LogP) is 2.40. The van der Waals surface area contributed by atoms with Gasteiger partial charge >= 0.3 is 5.97 Å². The standard InChI is InChI=1S/C20H16N6O3/c21-19-24-16(25-20(26-19)22-12-6-2-1-3-7-12)11-29-18(28)14-10-17(27)23-15-9-5-4-8-13(14)15/h1-10H,11H2,(H,23,27)(H3,21,22,24,25,26). The SMILES string of the molecule is Nc1nc(COC(=O)c2cc(=O)[nH]c3ccccc23)nc(Nc2ccccc2)n1. The second-order valence-electron chi connectivity index (χ2n) is 6.09. The number of aromatic nitrogens is 4. The highest BCUT2D eigenvalue weighted by molar-refractivity contribution is 6.03. The summed E-state index contributed by atoms with van der Waals surface area (Å²) >= 11 is 0. The van der Waals surface area contributed by atoms with Crippen LogP contribution in [-0.2, 0) is 11.3 Å². The van der Waals surface area contributed by atoms with E-state index in [1.807, 2.05) is 30.3 Å². The highest BCUT2D eigenvalue weighted by atomic mass is 16.5. The van der Waals surface area contributed by atoms with Crippen molar-refractivity contribution in [2.75, 3.05) is 11.1 Å². The molecule has 4 aromatic rings. The number of carbonyl (C=O) groups is 1. The van der Waals surface area contributed by atoms with Gasteiger partial charge in [0.2, 0.25) is 17.5 Å². The Morgan fingerprint density at radius 3 is 2.62 bits per heavy atom. The number of fused-ring (bicyclic) bond motifs is 1. The zero-order valence-electron chi connectivity index (χ0n) is 15.1. The Labute approximate surface area is 164 Å². The first kappa shape index (κ1) is 18.1. The summed E-state index contributed by atoms with van der Waals surface area (Å²) in [6.45, 7) is -0.226. The average Bonchev–Trinajstić information content (AvgIpc) is 2.71. The van der Waals surface area contributed by atoms with Crippen LogP contribution in [0.25, 0.3) is 10.9 Å². The van der Waals surface area contributed by atoms with Crippen LogP contribution in [0.5, 0.6) is 0 Å². The average molecular weight is 388 g/mol. The molecule has 0 aliphatic heterocycles. The van der Waals surface area contributed by atoms with Crippen molar-refractivity contribution in [3.05, 3.63) is 82.4 Å². The predicted molar refractivity (Wildman–Crippen MR) is 108 cm³/mol. The first-order chi connectivity index (χ1) is 14.1. The minimum atomic E-state index is -0.663. The Balaban J connectivity index is 1.53. The summed E-state index contributed by atoms with van der Waals surface area (Å²) in [5.74, 6) is -0.260. The number of H-pyrrole nitrogens is 1. The number of para-hydroxylation sites is 2. The molecular formula is C20H16N6O3. The molecule has 0 saturated carbocycles. The van der Waals surface area contributed by atoms with Crippen LogP contribution in [0.3, 0.4) is 0 Å². The summed E-state index contributed by atoms with van der Waals surface area (Å²) in [6, 6.07) is 17.5. The molecule has 0 radical (unpaired) electrons. The van der Waals surface area contributed by atoms with Crippen LogP contribution < -0.4 is 16.6 Å². The van der Waals surface area contributed by atoms with E-state index < -0.39 is 11.5 Å². The van der Waals surface area contributed by atoms with E-state index in [4.69, 9.17) is 10.5 Å². The van der Waals surface area contributed by atoms with Gasteiger partial charge in [0.25, 0.3) is 0 Å². The number of nitrogens with zero attached hydrogens (tertiary/aromatic N) is 3. The van der Waals surface area contributed by atoms with Crippen molar-refractivity contribution >= 4 is 34.5 Å². The molecule has 4 N–H and O–H groups in total. The van der Waals surface area contributed by atoms with E-state index >= 15 is 0 Å². The van der Waals surface area contributed by atoms with Gasteiger partial charge in [-0.15, -0.1) is 0 Å². The topological polar surface area (TPSA) is 136 Å². The second kappa shape index (κ2) is 7.77. The number of carbonyl (C=O) groups excluding carboxylic acids is 1. The molecular weight excluding hydrogens is 372 g/mol. The van der Waals surface area contributed by atoms with Crippen LogP contribution in [0.4, 0.5) is 17.6 Å². The van der Waals surface area contributed by atoms with Gasteiger partial charge in [0.05, 0.1) is 5.56 Å². The molecule has 2 aromatic heterocycles. The van der Waals surface area contributed by atoms with Crippen molar-refractivity contribution in [1.82, 2.24) is 19.9 Å². The van der Waals surface area contributed by atoms with Crippen molar-refractivity contribution in [3.8, 4) is 0 Å². The number of rotatable bonds is 5. The lowest BCUT2D eigenvalue weighted by Crippen LogP contribution is -2.14. The first-order valence-electron chi connectivity index (χ1n) is 8.70. The van der Waals surface area contributed by atoms with Crippen molar-refractivity contribution < 1.29 is 9.53 Å². The third kappa shape index (κ3) is 4.19. The number of aromatic amines is 1. The Morgan fingerprint density at radius 1 is 1.03 bits per heavy atom. The largest absolute Gasteiger partial charge is 0.454 e. The fraction of sp³-hybridized carbons (Fsp3) is 0.0500. The molecule has 0 aliphatic carbocycles. The molecule has 2 aromatic carbocycles. The van der Waals surface area contributed by atoms with Crippen molar-refractivity contribution in [2.45, 2.75) is 6.61 Å². The molecule has 29 heavy (non-hydrogen) atoms. The van der Waals surface area contributed by atoms with Gasteiger partial charge in [-0.1, -0.05) is 36.4 Å². The Hall–Kier alpha value is -4.27. The summed E-state index contributed by atoms with van der Waals surface area (Å²) in [6.07, 6.45) is 0. The number of hydrogen-bond acceptors (Lipinski definition) is 8. The van der Waals surface area contributed by atoms with E-state index in [2.05, 4.69) is 25.3 Å². The summed E-state index contributed by atoms with van der Waals surface area (Å²) in [5.41, 5.74) is 6.82. The maximum atomic E-state index is 12.6. The lowest BCUT2D eigenvalue weighted by Gasteiger charge is -2.09. The molecule has 0 fully saturated rings. The minimum absolute atomic E-state index is 0.00825. The van der Waals surface area contributed by atoms with Crippen LogP contribution in [-0.4, -0.2) is 25.9 Å². The summed E-state index contributed by atoms with van der Waals surface area (Å²) in [4.78, 5) is 39.3. The van der Waals surface area contributed by atoms with E-state index in [-0.39, 0.29) is 29.9 Å². The number of anilines is 3. The molecule has 0 aliphatic rings. The number of nitrogens with one attached hydrogen (secondary N) is 2. The maximum Gasteiger partial charge on any atom is 0.339 e. The Kier molecular flexibility index (Phi) is 4.85. The van der Waals surface area contributed by atoms with Gasteiger partial charge in [-0.05, 0) is 18.2 Å². The number of hydrogen-bond donors (Lipinski definition) is 3. The fourth-order valence-electron chi connectivity index (χ4n) is 2.79. The molecule has 9 nitrogen and oxygen atoms in total. The molecule has 9 heteroatoms. The van der Waals surface area contributed by atoms with E-state index in [1.54, 1.807) is 24.3 Å². The van der Waals surface area contributed by atoms with Gasteiger partial charge < -0.3 is 20.8 Å². The lowest BCUT2D eigenvalue weighted by atomic mass is 10.1. The fourth-order valence-corrected chi connectivity index (χ4v) is 2.79. The van der Waals surface area contributed by atoms with Gasteiger partial charge in [-0.2, -0.15) is 15.0 Å². The van der Waals surface area contributed by atoms with Gasteiger partial charge in [-0.25, -0.2) is 4.79 Å². The monoisotopic (exact) mass is 388 g/mol. The van der Waals surface area contributed by atoms with Crippen LogP contribution in [0, 0.1) is 0 Å². The van der Waals surface area contributed by atoms with Crippen LogP contribution in [0.1, 0.15) is 16.2 Å². The molecule has 0 bridgehead atoms. The number of ether oxygens (including phenoxy) is 1. The van der Waals surface area contributed by atoms with Gasteiger partial charge in [0, 0.05) is 22.7 Å². The zero-order valence-corrected chi connectivity index (χ0v) is 15.1. The number of nitrogens with two attached hydrogens (primary N) is 1. The number of pyridine rings is 1. The molecule has 0 spiro atoms. The highest BCUT2D eigenvalue weighted by Gasteiger charge is 2.14. The summed E-state index contributed by atoms with van der Waals surface area (Å²) in [5, 5.41) is 3.59. The van der Waals surface area contributed by atoms with E-state index in [9.17, 15) is 9.59 Å². The summed E-state index contributed by atoms with van der Waals surface area (Å²) < 4.78 is 5.31. The van der Waals surface area contributed by atoms with E-state index in [1.165, 1.54) is 6.07 Å². The minimum Gasteiger partial charge on any atom is -0.454 e. The number of benzene rings is 2. The van der Waals surface area contributed by atoms with Crippen LogP contribution in [0.2, 0.25) is 0 Å².